The van der Waals surface area contributed by atoms with Crippen LogP contribution in [0.5, 0.6) is 11.5 Å². The van der Waals surface area contributed by atoms with Gasteiger partial charge in [-0.3, -0.25) is 9.59 Å². The molecule has 35 heavy (non-hydrogen) atoms. The number of anilines is 2. The zero-order valence-electron chi connectivity index (χ0n) is 20.3. The van der Waals surface area contributed by atoms with Gasteiger partial charge in [-0.1, -0.05) is 30.3 Å². The number of morpholine rings is 1. The van der Waals surface area contributed by atoms with Crippen molar-refractivity contribution in [3.63, 3.8) is 0 Å². The fraction of sp³-hybridized carbons (Fsp3) is 0.423. The molecule has 1 fully saturated rings. The average molecular weight is 481 g/mol. The number of hydrazone groups is 1. The molecular weight excluding hydrogens is 448 g/mol. The van der Waals surface area contributed by atoms with Crippen LogP contribution in [0, 0.1) is 0 Å². The molecule has 0 aromatic heterocycles. The van der Waals surface area contributed by atoms with E-state index >= 15 is 0 Å². The second-order valence-corrected chi connectivity index (χ2v) is 8.22. The maximum absolute atomic E-state index is 13.2. The number of hydrogen-bond acceptors (Lipinski definition) is 7. The van der Waals surface area contributed by atoms with Crippen LogP contribution in [0.2, 0.25) is 0 Å². The minimum absolute atomic E-state index is 0.103. The number of nitrogens with one attached hydrogen (secondary N) is 1. The molecule has 1 saturated heterocycles. The van der Waals surface area contributed by atoms with E-state index < -0.39 is 0 Å². The molecule has 2 amide bonds. The Morgan fingerprint density at radius 1 is 1.03 bits per heavy atom. The first-order valence-corrected chi connectivity index (χ1v) is 12.1. The van der Waals surface area contributed by atoms with E-state index in [1.54, 1.807) is 6.07 Å². The Morgan fingerprint density at radius 2 is 1.74 bits per heavy atom. The van der Waals surface area contributed by atoms with Gasteiger partial charge in [0.05, 0.1) is 44.3 Å². The smallest absolute Gasteiger partial charge is 0.271 e. The first-order valence-electron chi connectivity index (χ1n) is 12.1. The van der Waals surface area contributed by atoms with Gasteiger partial charge in [-0.2, -0.15) is 5.10 Å². The van der Waals surface area contributed by atoms with Crippen molar-refractivity contribution in [2.24, 2.45) is 5.10 Å². The Bertz CT molecular complexity index is 1070. The minimum atomic E-state index is -0.363. The van der Waals surface area contributed by atoms with Gasteiger partial charge < -0.3 is 24.4 Å². The summed E-state index contributed by atoms with van der Waals surface area (Å²) in [7, 11) is 0. The van der Waals surface area contributed by atoms with Gasteiger partial charge in [-0.15, -0.1) is 0 Å². The molecule has 0 radical (unpaired) electrons. The van der Waals surface area contributed by atoms with Crippen molar-refractivity contribution in [1.29, 1.82) is 0 Å². The van der Waals surface area contributed by atoms with Crippen molar-refractivity contribution in [2.45, 2.75) is 33.2 Å². The van der Waals surface area contributed by atoms with Crippen LogP contribution in [0.25, 0.3) is 0 Å². The summed E-state index contributed by atoms with van der Waals surface area (Å²) in [6.07, 6.45) is 0.516. The molecule has 2 aromatic rings. The summed E-state index contributed by atoms with van der Waals surface area (Å²) >= 11 is 0. The second kappa shape index (κ2) is 11.7. The van der Waals surface area contributed by atoms with Gasteiger partial charge >= 0.3 is 0 Å². The Balaban J connectivity index is 1.57. The molecule has 9 nitrogen and oxygen atoms in total. The first-order chi connectivity index (χ1) is 17.1. The molecule has 2 aliphatic heterocycles. The van der Waals surface area contributed by atoms with Crippen molar-refractivity contribution in [3.05, 3.63) is 48.0 Å². The van der Waals surface area contributed by atoms with Gasteiger partial charge in [-0.05, 0) is 19.4 Å². The van der Waals surface area contributed by atoms with E-state index in [2.05, 4.69) is 15.3 Å². The number of carbonyl (C=O) groups excluding carboxylic acids is 2. The Hall–Kier alpha value is -3.59. The predicted molar refractivity (Wildman–Crippen MR) is 134 cm³/mol. The molecule has 9 heteroatoms. The third-order valence-corrected chi connectivity index (χ3v) is 5.80. The van der Waals surface area contributed by atoms with Crippen LogP contribution >= 0.6 is 0 Å². The molecule has 0 saturated carbocycles. The number of amides is 2. The first kappa shape index (κ1) is 24.5. The Labute approximate surface area is 205 Å². The van der Waals surface area contributed by atoms with E-state index in [-0.39, 0.29) is 24.7 Å². The van der Waals surface area contributed by atoms with E-state index in [0.717, 1.165) is 24.3 Å². The maximum Gasteiger partial charge on any atom is 0.271 e. The minimum Gasteiger partial charge on any atom is -0.492 e. The third kappa shape index (κ3) is 6.10. The molecule has 2 heterocycles. The largest absolute Gasteiger partial charge is 0.492 e. The van der Waals surface area contributed by atoms with Gasteiger partial charge in [0.25, 0.3) is 5.91 Å². The van der Waals surface area contributed by atoms with Crippen LogP contribution in [0.3, 0.4) is 0 Å². The number of benzene rings is 2. The average Bonchev–Trinajstić information content (AvgIpc) is 2.88. The van der Waals surface area contributed by atoms with Crippen molar-refractivity contribution < 1.29 is 23.8 Å². The molecule has 2 aliphatic rings. The van der Waals surface area contributed by atoms with Gasteiger partial charge in [-0.25, -0.2) is 5.01 Å². The van der Waals surface area contributed by atoms with Crippen LogP contribution in [-0.2, 0) is 20.9 Å². The number of carbonyl (C=O) groups is 2. The molecule has 2 aromatic carbocycles. The molecule has 0 atom stereocenters. The lowest BCUT2D eigenvalue weighted by atomic mass is 10.1. The van der Waals surface area contributed by atoms with Crippen molar-refractivity contribution in [3.8, 4) is 11.5 Å². The highest BCUT2D eigenvalue weighted by molar-refractivity contribution is 6.43. The SMILES string of the molecule is CCOc1cc(N2CCOCC2)c(OCC)cc1NC(=O)C1=NN(Cc2ccccc2)C(=O)CC1. The van der Waals surface area contributed by atoms with E-state index in [1.807, 2.05) is 50.2 Å². The number of rotatable bonds is 9. The van der Waals surface area contributed by atoms with Crippen LogP contribution in [-0.4, -0.2) is 62.1 Å². The number of ether oxygens (including phenoxy) is 3. The van der Waals surface area contributed by atoms with Crippen molar-refractivity contribution >= 4 is 28.9 Å². The van der Waals surface area contributed by atoms with Gasteiger partial charge in [0.2, 0.25) is 5.91 Å². The highest BCUT2D eigenvalue weighted by Crippen LogP contribution is 2.39. The topological polar surface area (TPSA) is 92.7 Å². The third-order valence-electron chi connectivity index (χ3n) is 5.80. The molecule has 1 N–H and O–H groups in total. The lowest BCUT2D eigenvalue weighted by Gasteiger charge is -2.31. The molecule has 4 rings (SSSR count). The monoisotopic (exact) mass is 480 g/mol. The summed E-state index contributed by atoms with van der Waals surface area (Å²) in [4.78, 5) is 27.8. The number of hydrogen-bond donors (Lipinski definition) is 1. The normalized spacial score (nSPS) is 16.1. The van der Waals surface area contributed by atoms with E-state index in [1.165, 1.54) is 5.01 Å². The van der Waals surface area contributed by atoms with Gasteiger partial charge in [0, 0.05) is 38.1 Å². The summed E-state index contributed by atoms with van der Waals surface area (Å²) < 4.78 is 17.3. The molecule has 0 bridgehead atoms. The standard InChI is InChI=1S/C26H32N4O5/c1-3-34-23-17-22(29-12-14-33-15-13-29)24(35-4-2)16-21(23)27-26(32)20-10-11-25(31)30(28-20)18-19-8-6-5-7-9-19/h5-9,16-17H,3-4,10-15,18H2,1-2H3,(H,27,32). The van der Waals surface area contributed by atoms with E-state index in [9.17, 15) is 9.59 Å². The summed E-state index contributed by atoms with van der Waals surface area (Å²) in [5, 5.41) is 8.68. The number of nitrogens with zero attached hydrogens (tertiary/aromatic N) is 3. The summed E-state index contributed by atoms with van der Waals surface area (Å²) in [5.74, 6) is 0.756. The summed E-state index contributed by atoms with van der Waals surface area (Å²) in [6.45, 7) is 7.86. The summed E-state index contributed by atoms with van der Waals surface area (Å²) in [5.41, 5.74) is 2.67. The highest BCUT2D eigenvalue weighted by atomic mass is 16.5. The zero-order chi connectivity index (χ0) is 24.6. The summed E-state index contributed by atoms with van der Waals surface area (Å²) in [6, 6.07) is 13.3. The van der Waals surface area contributed by atoms with E-state index in [4.69, 9.17) is 14.2 Å². The van der Waals surface area contributed by atoms with Gasteiger partial charge in [0.1, 0.15) is 17.2 Å². The van der Waals surface area contributed by atoms with Crippen LogP contribution in [0.15, 0.2) is 47.6 Å². The Kier molecular flexibility index (Phi) is 8.20. The van der Waals surface area contributed by atoms with Crippen LogP contribution < -0.4 is 19.7 Å². The highest BCUT2D eigenvalue weighted by Gasteiger charge is 2.26. The van der Waals surface area contributed by atoms with Crippen LogP contribution in [0.1, 0.15) is 32.3 Å². The Morgan fingerprint density at radius 3 is 2.46 bits per heavy atom. The van der Waals surface area contributed by atoms with Gasteiger partial charge in [0.15, 0.2) is 0 Å². The predicted octanol–water partition coefficient (Wildman–Crippen LogP) is 3.44. The maximum atomic E-state index is 13.2. The zero-order valence-corrected chi connectivity index (χ0v) is 20.3. The molecule has 0 spiro atoms. The van der Waals surface area contributed by atoms with E-state index in [0.29, 0.717) is 55.9 Å². The van der Waals surface area contributed by atoms with Crippen molar-refractivity contribution in [2.75, 3.05) is 49.7 Å². The molecule has 186 valence electrons. The fourth-order valence-corrected chi connectivity index (χ4v) is 4.08. The van der Waals surface area contributed by atoms with Crippen LogP contribution in [0.4, 0.5) is 11.4 Å². The molecular formula is C26H32N4O5. The van der Waals surface area contributed by atoms with Crippen molar-refractivity contribution in [1.82, 2.24) is 5.01 Å². The fourth-order valence-electron chi connectivity index (χ4n) is 4.08. The molecule has 0 aliphatic carbocycles. The molecule has 0 unspecified atom stereocenters. The lowest BCUT2D eigenvalue weighted by Crippen LogP contribution is -2.37. The lowest BCUT2D eigenvalue weighted by molar-refractivity contribution is -0.132. The second-order valence-electron chi connectivity index (χ2n) is 8.22. The quantitative estimate of drug-likeness (QED) is 0.591.